The molecular formula is C62H41N5. The first-order chi connectivity index (χ1) is 32.9. The van der Waals surface area contributed by atoms with Crippen molar-refractivity contribution >= 4 is 27.5 Å². The molecular weight excluding hydrogens is 815 g/mol. The fourth-order valence-electron chi connectivity index (χ4n) is 9.09. The number of aromatic nitrogens is 3. The maximum atomic E-state index is 9.96. The molecule has 5 nitrogen and oxygen atoms in total. The van der Waals surface area contributed by atoms with Gasteiger partial charge in [-0.05, 0) is 102 Å². The van der Waals surface area contributed by atoms with Gasteiger partial charge in [-0.3, -0.25) is 0 Å². The van der Waals surface area contributed by atoms with Crippen LogP contribution in [-0.4, -0.2) is 14.5 Å². The predicted molar refractivity (Wildman–Crippen MR) is 275 cm³/mol. The molecule has 0 radical (unpaired) electrons. The van der Waals surface area contributed by atoms with E-state index in [1.165, 1.54) is 11.1 Å². The second-order valence-corrected chi connectivity index (χ2v) is 17.0. The zero-order valence-corrected chi connectivity index (χ0v) is 36.9. The molecule has 67 heavy (non-hydrogen) atoms. The Morgan fingerprint density at radius 1 is 0.433 bits per heavy atom. The van der Waals surface area contributed by atoms with Crippen molar-refractivity contribution in [1.82, 2.24) is 14.5 Å². The fourth-order valence-corrected chi connectivity index (χ4v) is 9.09. The van der Waals surface area contributed by atoms with Crippen LogP contribution in [0.3, 0.4) is 0 Å². The minimum atomic E-state index is 0.564. The molecule has 0 unspecified atom stereocenters. The number of hydrogen-bond donors (Lipinski definition) is 0. The lowest BCUT2D eigenvalue weighted by Crippen LogP contribution is -2.03. The lowest BCUT2D eigenvalue weighted by atomic mass is 9.91. The Kier molecular flexibility index (Phi) is 10.4. The summed E-state index contributed by atoms with van der Waals surface area (Å²) in [5.41, 5.74) is 19.4. The molecule has 2 aromatic heterocycles. The quantitative estimate of drug-likeness (QED) is 0.143. The number of nitrogens with zero attached hydrogens (tertiary/aromatic N) is 5. The van der Waals surface area contributed by atoms with Gasteiger partial charge in [-0.1, -0.05) is 169 Å². The van der Waals surface area contributed by atoms with E-state index in [4.69, 9.17) is 16.5 Å². The van der Waals surface area contributed by atoms with E-state index in [1.807, 2.05) is 97.1 Å². The van der Waals surface area contributed by atoms with Gasteiger partial charge in [0.25, 0.3) is 0 Å². The largest absolute Gasteiger partial charge is 0.308 e. The molecule has 5 heteroatoms. The molecule has 0 aliphatic heterocycles. The maximum absolute atomic E-state index is 9.96. The molecule has 0 saturated heterocycles. The van der Waals surface area contributed by atoms with Crippen molar-refractivity contribution in [1.29, 1.82) is 5.26 Å². The Bertz CT molecular complexity index is 3490. The number of nitriles is 1. The van der Waals surface area contributed by atoms with E-state index in [1.54, 1.807) is 0 Å². The molecule has 314 valence electrons. The fraction of sp³-hybridized carbons (Fsp3) is 0.0323. The van der Waals surface area contributed by atoms with Crippen LogP contribution in [0.1, 0.15) is 16.7 Å². The maximum Gasteiger partial charge on any atom is 0.187 e. The summed E-state index contributed by atoms with van der Waals surface area (Å²) in [5.74, 6) is 0.625. The van der Waals surface area contributed by atoms with Crippen LogP contribution in [0.4, 0.5) is 5.69 Å². The van der Waals surface area contributed by atoms with Gasteiger partial charge < -0.3 is 4.57 Å². The highest BCUT2D eigenvalue weighted by Gasteiger charge is 2.24. The van der Waals surface area contributed by atoms with Crippen molar-refractivity contribution in [2.75, 3.05) is 0 Å². The lowest BCUT2D eigenvalue weighted by Gasteiger charge is -2.21. The van der Waals surface area contributed by atoms with Crippen molar-refractivity contribution in [2.45, 2.75) is 13.8 Å². The molecule has 0 amide bonds. The Balaban J connectivity index is 1.25. The second kappa shape index (κ2) is 17.1. The average Bonchev–Trinajstić information content (AvgIpc) is 3.71. The van der Waals surface area contributed by atoms with Crippen molar-refractivity contribution in [3.8, 4) is 90.2 Å². The second-order valence-electron chi connectivity index (χ2n) is 17.0. The number of rotatable bonds is 8. The molecule has 0 aliphatic rings. The lowest BCUT2D eigenvalue weighted by molar-refractivity contribution is 1.17. The first-order valence-electron chi connectivity index (χ1n) is 22.3. The van der Waals surface area contributed by atoms with Gasteiger partial charge in [0.15, 0.2) is 11.5 Å². The van der Waals surface area contributed by atoms with Gasteiger partial charge in [-0.2, -0.15) is 5.26 Å². The van der Waals surface area contributed by atoms with Crippen molar-refractivity contribution < 1.29 is 0 Å². The third kappa shape index (κ3) is 7.72. The van der Waals surface area contributed by atoms with Crippen LogP contribution in [0.25, 0.3) is 111 Å². The molecule has 0 aliphatic carbocycles. The van der Waals surface area contributed by atoms with E-state index >= 15 is 0 Å². The number of benzene rings is 9. The molecule has 0 atom stereocenters. The van der Waals surface area contributed by atoms with E-state index in [2.05, 4.69) is 145 Å². The minimum absolute atomic E-state index is 0.564. The summed E-state index contributed by atoms with van der Waals surface area (Å²) in [6, 6.07) is 75.9. The molecule has 0 fully saturated rings. The third-order valence-corrected chi connectivity index (χ3v) is 12.6. The van der Waals surface area contributed by atoms with Crippen molar-refractivity contribution in [3.05, 3.63) is 240 Å². The van der Waals surface area contributed by atoms with Gasteiger partial charge in [0, 0.05) is 38.6 Å². The van der Waals surface area contributed by atoms with E-state index in [-0.39, 0.29) is 0 Å². The van der Waals surface area contributed by atoms with Gasteiger partial charge in [0.2, 0.25) is 0 Å². The molecule has 11 rings (SSSR count). The van der Waals surface area contributed by atoms with Gasteiger partial charge in [-0.25, -0.2) is 14.8 Å². The third-order valence-electron chi connectivity index (χ3n) is 12.6. The van der Waals surface area contributed by atoms with Crippen LogP contribution in [0.2, 0.25) is 0 Å². The standard InChI is InChI=1S/C62H41N5/c1-40-14-20-43(21-15-40)49-28-32-59-55(34-49)56-35-50(44-22-16-41(2)17-23-44)29-33-60(56)67(59)61-53(45-24-18-42(39-63)19-25-45)36-51(37-54(61)46-26-30-52(64-3)31-27-46)58-38-57(47-10-6-4-7-11-47)65-62(66-58)48-12-8-5-9-13-48/h4-38H,1-2H3. The van der Waals surface area contributed by atoms with E-state index in [9.17, 15) is 5.26 Å². The van der Waals surface area contributed by atoms with Crippen LogP contribution in [-0.2, 0) is 0 Å². The molecule has 0 saturated carbocycles. The molecule has 0 N–H and O–H groups in total. The van der Waals surface area contributed by atoms with Crippen LogP contribution < -0.4 is 0 Å². The van der Waals surface area contributed by atoms with Crippen LogP contribution in [0.5, 0.6) is 0 Å². The summed E-state index contributed by atoms with van der Waals surface area (Å²) >= 11 is 0. The summed E-state index contributed by atoms with van der Waals surface area (Å²) in [7, 11) is 0. The number of aryl methyl sites for hydroxylation is 2. The zero-order chi connectivity index (χ0) is 45.4. The van der Waals surface area contributed by atoms with Gasteiger partial charge in [0.05, 0.1) is 46.3 Å². The van der Waals surface area contributed by atoms with Gasteiger partial charge in [0.1, 0.15) is 0 Å². The highest BCUT2D eigenvalue weighted by Crippen LogP contribution is 2.46. The topological polar surface area (TPSA) is 58.9 Å². The molecule has 9 aromatic carbocycles. The van der Waals surface area contributed by atoms with Gasteiger partial charge >= 0.3 is 0 Å². The summed E-state index contributed by atoms with van der Waals surface area (Å²) in [5, 5.41) is 12.2. The predicted octanol–water partition coefficient (Wildman–Crippen LogP) is 16.3. The van der Waals surface area contributed by atoms with Crippen LogP contribution in [0.15, 0.2) is 212 Å². The Morgan fingerprint density at radius 3 is 1.37 bits per heavy atom. The molecule has 0 spiro atoms. The summed E-state index contributed by atoms with van der Waals surface area (Å²) < 4.78 is 2.41. The Hall–Kier alpha value is -9.16. The average molecular weight is 856 g/mol. The SMILES string of the molecule is [C-]#[N+]c1ccc(-c2cc(-c3cc(-c4ccccc4)nc(-c4ccccc4)n3)cc(-c3ccc(C#N)cc3)c2-n2c3ccc(-c4ccc(C)cc4)cc3c3cc(-c4ccc(C)cc4)ccc32)cc1. The normalized spacial score (nSPS) is 11.1. The van der Waals surface area contributed by atoms with Crippen LogP contribution in [0, 0.1) is 31.8 Å². The van der Waals surface area contributed by atoms with Gasteiger partial charge in [-0.15, -0.1) is 0 Å². The monoisotopic (exact) mass is 855 g/mol. The summed E-state index contributed by atoms with van der Waals surface area (Å²) in [6.45, 7) is 12.1. The number of fused-ring (bicyclic) bond motifs is 3. The Morgan fingerprint density at radius 2 is 0.881 bits per heavy atom. The summed E-state index contributed by atoms with van der Waals surface area (Å²) in [4.78, 5) is 14.2. The highest BCUT2D eigenvalue weighted by atomic mass is 15.0. The summed E-state index contributed by atoms with van der Waals surface area (Å²) in [6.07, 6.45) is 0. The van der Waals surface area contributed by atoms with E-state index in [0.29, 0.717) is 17.1 Å². The van der Waals surface area contributed by atoms with E-state index in [0.717, 1.165) is 100 Å². The number of hydrogen-bond acceptors (Lipinski definition) is 3. The molecule has 2 heterocycles. The van der Waals surface area contributed by atoms with E-state index < -0.39 is 0 Å². The zero-order valence-electron chi connectivity index (χ0n) is 36.9. The minimum Gasteiger partial charge on any atom is -0.308 e. The smallest absolute Gasteiger partial charge is 0.187 e. The Labute approximate surface area is 390 Å². The van der Waals surface area contributed by atoms with Crippen molar-refractivity contribution in [2.24, 2.45) is 0 Å². The molecule has 11 aromatic rings. The first-order valence-corrected chi connectivity index (χ1v) is 22.3. The molecule has 0 bridgehead atoms. The highest BCUT2D eigenvalue weighted by molar-refractivity contribution is 6.13. The van der Waals surface area contributed by atoms with Crippen molar-refractivity contribution in [3.63, 3.8) is 0 Å². The first kappa shape index (κ1) is 40.6. The van der Waals surface area contributed by atoms with Crippen LogP contribution >= 0.6 is 0 Å².